The van der Waals surface area contributed by atoms with Crippen LogP contribution in [0.4, 0.5) is 0 Å². The second kappa shape index (κ2) is 6.79. The zero-order valence-electron chi connectivity index (χ0n) is 12.7. The summed E-state index contributed by atoms with van der Waals surface area (Å²) >= 11 is 6.12. The summed E-state index contributed by atoms with van der Waals surface area (Å²) < 4.78 is 6.64. The highest BCUT2D eigenvalue weighted by Gasteiger charge is 2.14. The summed E-state index contributed by atoms with van der Waals surface area (Å²) in [6, 6.07) is 5.30. The molecule has 118 valence electrons. The summed E-state index contributed by atoms with van der Waals surface area (Å²) in [4.78, 5) is 27.5. The smallest absolute Gasteiger partial charge is 0.325 e. The van der Waals surface area contributed by atoms with E-state index < -0.39 is 5.97 Å². The standard InChI is InChI=1S/C15H18ClN3O3/c1-4-22-13(20)8-17-14(21)10-5-6-12-11(7-10)18-15(16)19(12)9(2)3/h5-7,9H,4,8H2,1-3H3,(H,17,21). The molecule has 1 N–H and O–H groups in total. The first-order valence-electron chi connectivity index (χ1n) is 7.05. The molecular formula is C15H18ClN3O3. The maximum atomic E-state index is 12.0. The van der Waals surface area contributed by atoms with E-state index in [1.807, 2.05) is 18.4 Å². The number of nitrogens with zero attached hydrogens (tertiary/aromatic N) is 2. The molecule has 0 radical (unpaired) electrons. The van der Waals surface area contributed by atoms with Crippen molar-refractivity contribution >= 4 is 34.5 Å². The molecule has 6 nitrogen and oxygen atoms in total. The average molecular weight is 324 g/mol. The lowest BCUT2D eigenvalue weighted by Crippen LogP contribution is -2.30. The molecule has 0 saturated heterocycles. The van der Waals surface area contributed by atoms with Gasteiger partial charge >= 0.3 is 5.97 Å². The Bertz CT molecular complexity index is 709. The molecule has 1 aromatic heterocycles. The minimum absolute atomic E-state index is 0.161. The van der Waals surface area contributed by atoms with Crippen molar-refractivity contribution in [1.29, 1.82) is 0 Å². The van der Waals surface area contributed by atoms with E-state index in [0.29, 0.717) is 16.4 Å². The van der Waals surface area contributed by atoms with Crippen molar-refractivity contribution in [2.45, 2.75) is 26.8 Å². The molecule has 1 amide bonds. The Morgan fingerprint density at radius 2 is 2.14 bits per heavy atom. The van der Waals surface area contributed by atoms with Gasteiger partial charge in [0.25, 0.3) is 5.91 Å². The number of rotatable bonds is 5. The largest absolute Gasteiger partial charge is 0.465 e. The Morgan fingerprint density at radius 3 is 2.77 bits per heavy atom. The van der Waals surface area contributed by atoms with Gasteiger partial charge in [-0.25, -0.2) is 4.98 Å². The quantitative estimate of drug-likeness (QED) is 0.858. The monoisotopic (exact) mass is 323 g/mol. The summed E-state index contributed by atoms with van der Waals surface area (Å²) in [5, 5.41) is 2.89. The lowest BCUT2D eigenvalue weighted by Gasteiger charge is -2.09. The lowest BCUT2D eigenvalue weighted by molar-refractivity contribution is -0.141. The molecule has 2 aromatic rings. The van der Waals surface area contributed by atoms with Crippen molar-refractivity contribution in [2.75, 3.05) is 13.2 Å². The Kier molecular flexibility index (Phi) is 5.03. The van der Waals surface area contributed by atoms with Crippen LogP contribution in [0.1, 0.15) is 37.2 Å². The molecule has 1 heterocycles. The number of carbonyl (C=O) groups excluding carboxylic acids is 2. The fraction of sp³-hybridized carbons (Fsp3) is 0.400. The molecule has 0 atom stereocenters. The Labute approximate surface area is 133 Å². The molecule has 0 aliphatic carbocycles. The van der Waals surface area contributed by atoms with E-state index in [9.17, 15) is 9.59 Å². The molecular weight excluding hydrogens is 306 g/mol. The van der Waals surface area contributed by atoms with Crippen LogP contribution in [0.15, 0.2) is 18.2 Å². The summed E-state index contributed by atoms with van der Waals surface area (Å²) in [5.74, 6) is -0.825. The van der Waals surface area contributed by atoms with Crippen molar-refractivity contribution in [1.82, 2.24) is 14.9 Å². The molecule has 0 aliphatic heterocycles. The Balaban J connectivity index is 2.19. The van der Waals surface area contributed by atoms with Gasteiger partial charge in [-0.2, -0.15) is 0 Å². The fourth-order valence-electron chi connectivity index (χ4n) is 2.17. The van der Waals surface area contributed by atoms with Crippen LogP contribution >= 0.6 is 11.6 Å². The van der Waals surface area contributed by atoms with E-state index in [-0.39, 0.29) is 25.1 Å². The van der Waals surface area contributed by atoms with E-state index in [0.717, 1.165) is 5.52 Å². The highest BCUT2D eigenvalue weighted by molar-refractivity contribution is 6.29. The summed E-state index contributed by atoms with van der Waals surface area (Å²) in [6.45, 7) is 5.85. The third-order valence-electron chi connectivity index (χ3n) is 3.12. The van der Waals surface area contributed by atoms with Crippen LogP contribution in [0.3, 0.4) is 0 Å². The van der Waals surface area contributed by atoms with Crippen LogP contribution in [0.2, 0.25) is 5.28 Å². The highest BCUT2D eigenvalue weighted by atomic mass is 35.5. The Hall–Kier alpha value is -2.08. The molecule has 0 unspecified atom stereocenters. The molecule has 0 fully saturated rings. The zero-order valence-corrected chi connectivity index (χ0v) is 13.5. The van der Waals surface area contributed by atoms with Crippen LogP contribution < -0.4 is 5.32 Å². The molecule has 0 spiro atoms. The van der Waals surface area contributed by atoms with Crippen LogP contribution in [0, 0.1) is 0 Å². The van der Waals surface area contributed by atoms with Crippen molar-refractivity contribution in [3.63, 3.8) is 0 Å². The number of hydrogen-bond donors (Lipinski definition) is 1. The van der Waals surface area contributed by atoms with Gasteiger partial charge in [0.2, 0.25) is 5.28 Å². The molecule has 0 aliphatic rings. The number of fused-ring (bicyclic) bond motifs is 1. The van der Waals surface area contributed by atoms with Gasteiger partial charge in [-0.1, -0.05) is 0 Å². The van der Waals surface area contributed by atoms with Crippen molar-refractivity contribution in [2.24, 2.45) is 0 Å². The molecule has 22 heavy (non-hydrogen) atoms. The predicted octanol–water partition coefficient (Wildman–Crippen LogP) is 2.56. The third kappa shape index (κ3) is 3.39. The number of esters is 1. The second-order valence-corrected chi connectivity index (χ2v) is 5.37. The van der Waals surface area contributed by atoms with Crippen LogP contribution in [-0.2, 0) is 9.53 Å². The van der Waals surface area contributed by atoms with E-state index in [1.54, 1.807) is 25.1 Å². The van der Waals surface area contributed by atoms with E-state index in [2.05, 4.69) is 10.3 Å². The number of aromatic nitrogens is 2. The van der Waals surface area contributed by atoms with Gasteiger partial charge in [-0.3, -0.25) is 9.59 Å². The maximum absolute atomic E-state index is 12.0. The van der Waals surface area contributed by atoms with E-state index >= 15 is 0 Å². The first-order valence-corrected chi connectivity index (χ1v) is 7.43. The molecule has 1 aromatic carbocycles. The van der Waals surface area contributed by atoms with Crippen molar-refractivity contribution in [3.05, 3.63) is 29.0 Å². The van der Waals surface area contributed by atoms with Gasteiger partial charge in [-0.05, 0) is 50.6 Å². The van der Waals surface area contributed by atoms with Gasteiger partial charge in [0, 0.05) is 11.6 Å². The number of halogens is 1. The average Bonchev–Trinajstić information content (AvgIpc) is 2.79. The van der Waals surface area contributed by atoms with Gasteiger partial charge in [0.1, 0.15) is 6.54 Å². The Morgan fingerprint density at radius 1 is 1.41 bits per heavy atom. The predicted molar refractivity (Wildman–Crippen MR) is 84.1 cm³/mol. The first-order chi connectivity index (χ1) is 10.4. The molecule has 0 saturated carbocycles. The number of benzene rings is 1. The third-order valence-corrected chi connectivity index (χ3v) is 3.39. The normalized spacial score (nSPS) is 11.0. The minimum Gasteiger partial charge on any atom is -0.465 e. The van der Waals surface area contributed by atoms with E-state index in [1.165, 1.54) is 0 Å². The number of ether oxygens (including phenoxy) is 1. The number of hydrogen-bond acceptors (Lipinski definition) is 4. The molecule has 2 rings (SSSR count). The fourth-order valence-corrected chi connectivity index (χ4v) is 2.55. The minimum atomic E-state index is -0.468. The molecule has 7 heteroatoms. The lowest BCUT2D eigenvalue weighted by atomic mass is 10.2. The summed E-state index contributed by atoms with van der Waals surface area (Å²) in [6.07, 6.45) is 0. The van der Waals surface area contributed by atoms with Gasteiger partial charge < -0.3 is 14.6 Å². The van der Waals surface area contributed by atoms with Crippen molar-refractivity contribution < 1.29 is 14.3 Å². The highest BCUT2D eigenvalue weighted by Crippen LogP contribution is 2.24. The van der Waals surface area contributed by atoms with Crippen LogP contribution in [-0.4, -0.2) is 34.6 Å². The first kappa shape index (κ1) is 16.3. The van der Waals surface area contributed by atoms with Crippen LogP contribution in [0.5, 0.6) is 0 Å². The van der Waals surface area contributed by atoms with E-state index in [4.69, 9.17) is 16.3 Å². The number of amides is 1. The van der Waals surface area contributed by atoms with Gasteiger partial charge in [0.15, 0.2) is 0 Å². The molecule has 0 bridgehead atoms. The number of imidazole rings is 1. The van der Waals surface area contributed by atoms with Gasteiger partial charge in [-0.15, -0.1) is 0 Å². The summed E-state index contributed by atoms with van der Waals surface area (Å²) in [5.41, 5.74) is 1.92. The van der Waals surface area contributed by atoms with Crippen molar-refractivity contribution in [3.8, 4) is 0 Å². The second-order valence-electron chi connectivity index (χ2n) is 5.04. The number of nitrogens with one attached hydrogen (secondary N) is 1. The SMILES string of the molecule is CCOC(=O)CNC(=O)c1ccc2c(c1)nc(Cl)n2C(C)C. The number of carbonyl (C=O) groups is 2. The summed E-state index contributed by atoms with van der Waals surface area (Å²) in [7, 11) is 0. The zero-order chi connectivity index (χ0) is 16.3. The van der Waals surface area contributed by atoms with Crippen LogP contribution in [0.25, 0.3) is 11.0 Å². The van der Waals surface area contributed by atoms with Gasteiger partial charge in [0.05, 0.1) is 17.6 Å². The maximum Gasteiger partial charge on any atom is 0.325 e. The topological polar surface area (TPSA) is 73.2 Å².